The molecule has 8 nitrogen and oxygen atoms in total. The maximum absolute atomic E-state index is 12.2. The van der Waals surface area contributed by atoms with E-state index in [1.54, 1.807) is 7.05 Å². The van der Waals surface area contributed by atoms with Crippen LogP contribution in [0.25, 0.3) is 0 Å². The topological polar surface area (TPSA) is 101 Å². The van der Waals surface area contributed by atoms with Gasteiger partial charge in [-0.2, -0.15) is 5.10 Å². The number of fused-ring (bicyclic) bond motifs is 1. The lowest BCUT2D eigenvalue weighted by molar-refractivity contribution is 0.174. The monoisotopic (exact) mass is 346 g/mol. The minimum atomic E-state index is -0.456. The van der Waals surface area contributed by atoms with Crippen molar-refractivity contribution in [2.75, 3.05) is 6.79 Å². The Morgan fingerprint density at radius 2 is 2.17 bits per heavy atom. The van der Waals surface area contributed by atoms with Gasteiger partial charge in [-0.15, -0.1) is 0 Å². The van der Waals surface area contributed by atoms with E-state index in [4.69, 9.17) is 21.7 Å². The van der Waals surface area contributed by atoms with Gasteiger partial charge in [-0.3, -0.25) is 14.3 Å². The fraction of sp³-hybridized carbons (Fsp3) is 0.267. The number of nitrogens with zero attached hydrogens (tertiary/aromatic N) is 2. The summed E-state index contributed by atoms with van der Waals surface area (Å²) in [5.41, 5.74) is 4.09. The molecule has 0 saturated heterocycles. The highest BCUT2D eigenvalue weighted by Gasteiger charge is 2.27. The first-order valence-corrected chi connectivity index (χ1v) is 7.69. The van der Waals surface area contributed by atoms with E-state index in [0.29, 0.717) is 23.6 Å². The Labute approximate surface area is 141 Å². The van der Waals surface area contributed by atoms with Crippen molar-refractivity contribution >= 4 is 17.9 Å². The maximum Gasteiger partial charge on any atom is 0.264 e. The van der Waals surface area contributed by atoms with Gasteiger partial charge in [0.25, 0.3) is 5.56 Å². The van der Waals surface area contributed by atoms with Crippen LogP contribution < -0.4 is 20.5 Å². The molecular formula is C15H14N4O4S. The average molecular weight is 346 g/mol. The molecule has 24 heavy (non-hydrogen) atoms. The SMILES string of the molecule is Cn1c(O)c(C2=NN[C@@H](c3ccc4c(c3)OCO4)C2)c(=O)[nH]c1=S. The molecular weight excluding hydrogens is 332 g/mol. The summed E-state index contributed by atoms with van der Waals surface area (Å²) in [6, 6.07) is 5.52. The number of ether oxygens (including phenoxy) is 2. The first-order chi connectivity index (χ1) is 11.5. The lowest BCUT2D eigenvalue weighted by atomic mass is 9.99. The summed E-state index contributed by atoms with van der Waals surface area (Å²) in [5.74, 6) is 1.20. The zero-order valence-electron chi connectivity index (χ0n) is 12.7. The molecule has 2 aliphatic rings. The van der Waals surface area contributed by atoms with Crippen molar-refractivity contribution in [3.63, 3.8) is 0 Å². The van der Waals surface area contributed by atoms with Crippen molar-refractivity contribution in [2.45, 2.75) is 12.5 Å². The number of aromatic nitrogens is 2. The molecule has 3 heterocycles. The van der Waals surface area contributed by atoms with Crippen molar-refractivity contribution < 1.29 is 14.6 Å². The standard InChI is InChI=1S/C15H14N4O4S/c1-19-14(21)12(13(20)16-15(19)24)9-5-8(17-18-9)7-2-3-10-11(4-7)23-6-22-10/h2-4,8,17,21H,5-6H2,1H3,(H,16,20,24)/t8-/m1/s1. The number of aromatic hydroxyl groups is 1. The Hall–Kier alpha value is -2.81. The molecule has 1 atom stereocenters. The van der Waals surface area contributed by atoms with Gasteiger partial charge < -0.3 is 20.0 Å². The minimum Gasteiger partial charge on any atom is -0.494 e. The Kier molecular flexibility index (Phi) is 3.31. The normalized spacial score (nSPS) is 18.4. The molecule has 3 N–H and O–H groups in total. The second-order valence-corrected chi connectivity index (χ2v) is 5.96. The molecule has 2 aliphatic heterocycles. The minimum absolute atomic E-state index is 0.123. The molecule has 9 heteroatoms. The van der Waals surface area contributed by atoms with Gasteiger partial charge in [0.2, 0.25) is 12.7 Å². The lowest BCUT2D eigenvalue weighted by Crippen LogP contribution is -2.21. The number of rotatable bonds is 2. The maximum atomic E-state index is 12.2. The third kappa shape index (κ3) is 2.24. The summed E-state index contributed by atoms with van der Waals surface area (Å²) in [6.45, 7) is 0.214. The second-order valence-electron chi connectivity index (χ2n) is 5.57. The Bertz CT molecular complexity index is 978. The Morgan fingerprint density at radius 1 is 1.38 bits per heavy atom. The van der Waals surface area contributed by atoms with Crippen LogP contribution in [-0.4, -0.2) is 27.2 Å². The zero-order chi connectivity index (χ0) is 16.8. The molecule has 0 bridgehead atoms. The second kappa shape index (κ2) is 5.38. The van der Waals surface area contributed by atoms with Crippen molar-refractivity contribution in [3.05, 3.63) is 44.5 Å². The Morgan fingerprint density at radius 3 is 3.00 bits per heavy atom. The molecule has 0 spiro atoms. The van der Waals surface area contributed by atoms with Crippen LogP contribution in [-0.2, 0) is 7.05 Å². The molecule has 4 rings (SSSR count). The molecule has 0 radical (unpaired) electrons. The van der Waals surface area contributed by atoms with E-state index >= 15 is 0 Å². The Balaban J connectivity index is 1.65. The summed E-state index contributed by atoms with van der Waals surface area (Å²) < 4.78 is 12.2. The smallest absolute Gasteiger partial charge is 0.264 e. The summed E-state index contributed by atoms with van der Waals surface area (Å²) >= 11 is 4.97. The number of hydrogen-bond donors (Lipinski definition) is 3. The largest absolute Gasteiger partial charge is 0.494 e. The third-order valence-corrected chi connectivity index (χ3v) is 4.51. The molecule has 0 saturated carbocycles. The molecule has 0 unspecified atom stereocenters. The van der Waals surface area contributed by atoms with Gasteiger partial charge in [0.1, 0.15) is 5.56 Å². The van der Waals surface area contributed by atoms with E-state index in [1.807, 2.05) is 18.2 Å². The van der Waals surface area contributed by atoms with Crippen LogP contribution in [0.4, 0.5) is 0 Å². The number of H-pyrrole nitrogens is 1. The average Bonchev–Trinajstić information content (AvgIpc) is 3.21. The van der Waals surface area contributed by atoms with Crippen molar-refractivity contribution in [2.24, 2.45) is 12.1 Å². The predicted octanol–water partition coefficient (Wildman–Crippen LogP) is 1.32. The first kappa shape index (κ1) is 14.8. The van der Waals surface area contributed by atoms with E-state index in [0.717, 1.165) is 5.56 Å². The van der Waals surface area contributed by atoms with E-state index in [9.17, 15) is 9.90 Å². The highest BCUT2D eigenvalue weighted by atomic mass is 32.1. The van der Waals surface area contributed by atoms with Crippen LogP contribution in [0.15, 0.2) is 28.1 Å². The molecule has 0 aliphatic carbocycles. The third-order valence-electron chi connectivity index (χ3n) is 4.13. The van der Waals surface area contributed by atoms with E-state index in [-0.39, 0.29) is 29.0 Å². The van der Waals surface area contributed by atoms with E-state index in [1.165, 1.54) is 4.57 Å². The van der Waals surface area contributed by atoms with Crippen LogP contribution in [0.3, 0.4) is 0 Å². The first-order valence-electron chi connectivity index (χ1n) is 7.29. The van der Waals surface area contributed by atoms with Crippen molar-refractivity contribution in [1.29, 1.82) is 0 Å². The summed E-state index contributed by atoms with van der Waals surface area (Å²) in [4.78, 5) is 14.7. The van der Waals surface area contributed by atoms with Crippen molar-refractivity contribution in [3.8, 4) is 17.4 Å². The molecule has 1 aromatic carbocycles. The molecule has 0 fully saturated rings. The van der Waals surface area contributed by atoms with E-state index in [2.05, 4.69) is 15.5 Å². The highest BCUT2D eigenvalue weighted by Crippen LogP contribution is 2.36. The molecule has 0 amide bonds. The predicted molar refractivity (Wildman–Crippen MR) is 88.1 cm³/mol. The number of nitrogens with one attached hydrogen (secondary N) is 2. The zero-order valence-corrected chi connectivity index (χ0v) is 13.5. The van der Waals surface area contributed by atoms with Gasteiger partial charge in [-0.05, 0) is 29.9 Å². The quantitative estimate of drug-likeness (QED) is 0.709. The summed E-state index contributed by atoms with van der Waals surface area (Å²) in [6.07, 6.45) is 0.451. The van der Waals surface area contributed by atoms with Gasteiger partial charge >= 0.3 is 0 Å². The molecule has 2 aromatic rings. The van der Waals surface area contributed by atoms with Crippen molar-refractivity contribution in [1.82, 2.24) is 15.0 Å². The number of hydrazone groups is 1. The van der Waals surface area contributed by atoms with Gasteiger partial charge in [-0.1, -0.05) is 6.07 Å². The highest BCUT2D eigenvalue weighted by molar-refractivity contribution is 7.71. The fourth-order valence-corrected chi connectivity index (χ4v) is 2.97. The molecule has 124 valence electrons. The number of aromatic amines is 1. The van der Waals surface area contributed by atoms with Crippen LogP contribution in [0.5, 0.6) is 17.4 Å². The van der Waals surface area contributed by atoms with Gasteiger partial charge in [0.15, 0.2) is 16.3 Å². The van der Waals surface area contributed by atoms with Crippen LogP contribution >= 0.6 is 12.2 Å². The summed E-state index contributed by atoms with van der Waals surface area (Å²) in [5, 5.41) is 14.5. The lowest BCUT2D eigenvalue weighted by Gasteiger charge is -2.11. The van der Waals surface area contributed by atoms with Gasteiger partial charge in [0, 0.05) is 13.5 Å². The van der Waals surface area contributed by atoms with Crippen LogP contribution in [0.2, 0.25) is 0 Å². The fourth-order valence-electron chi connectivity index (χ4n) is 2.79. The van der Waals surface area contributed by atoms with E-state index < -0.39 is 5.56 Å². The number of hydrogen-bond acceptors (Lipinski definition) is 7. The number of benzene rings is 1. The van der Waals surface area contributed by atoms with Gasteiger partial charge in [0.05, 0.1) is 11.8 Å². The van der Waals surface area contributed by atoms with Gasteiger partial charge in [-0.25, -0.2) is 0 Å². The van der Waals surface area contributed by atoms with Crippen LogP contribution in [0, 0.1) is 4.77 Å². The van der Waals surface area contributed by atoms with Crippen LogP contribution in [0.1, 0.15) is 23.6 Å². The molecule has 1 aromatic heterocycles. The summed E-state index contributed by atoms with van der Waals surface area (Å²) in [7, 11) is 1.58.